The summed E-state index contributed by atoms with van der Waals surface area (Å²) in [5.41, 5.74) is 2.66. The molecule has 42 heavy (non-hydrogen) atoms. The van der Waals surface area contributed by atoms with Gasteiger partial charge in [-0.3, -0.25) is 14.4 Å². The number of aromatic nitrogens is 2. The maximum absolute atomic E-state index is 13.8. The Morgan fingerprint density at radius 1 is 1.14 bits per heavy atom. The molecule has 0 saturated carbocycles. The minimum absolute atomic E-state index is 0.0308. The largest absolute Gasteiger partial charge is 0.494 e. The number of carbonyl (C=O) groups excluding carboxylic acids is 2. The van der Waals surface area contributed by atoms with Gasteiger partial charge in [-0.05, 0) is 29.8 Å². The molecule has 0 aliphatic carbocycles. The molecule has 1 atom stereocenters. The van der Waals surface area contributed by atoms with Crippen LogP contribution in [0.5, 0.6) is 5.75 Å². The summed E-state index contributed by atoms with van der Waals surface area (Å²) in [6.45, 7) is 7.91. The number of ether oxygens (including phenoxy) is 1. The minimum Gasteiger partial charge on any atom is -0.494 e. The summed E-state index contributed by atoms with van der Waals surface area (Å²) in [6.07, 6.45) is 3.27. The summed E-state index contributed by atoms with van der Waals surface area (Å²) >= 11 is 6.03. The lowest BCUT2D eigenvalue weighted by molar-refractivity contribution is -0.129. The molecule has 3 heterocycles. The highest BCUT2D eigenvalue weighted by Gasteiger charge is 2.30. The van der Waals surface area contributed by atoms with Gasteiger partial charge in [-0.15, -0.1) is 0 Å². The molecule has 2 saturated heterocycles. The van der Waals surface area contributed by atoms with Crippen molar-refractivity contribution in [2.24, 2.45) is 0 Å². The van der Waals surface area contributed by atoms with Crippen LogP contribution >= 0.6 is 11.6 Å². The first kappa shape index (κ1) is 29.1. The Kier molecular flexibility index (Phi) is 8.74. The van der Waals surface area contributed by atoms with Gasteiger partial charge >= 0.3 is 0 Å². The molecule has 2 fully saturated rings. The van der Waals surface area contributed by atoms with E-state index in [4.69, 9.17) is 21.2 Å². The van der Waals surface area contributed by atoms with E-state index in [2.05, 4.69) is 32.1 Å². The van der Waals surface area contributed by atoms with Gasteiger partial charge in [0, 0.05) is 51.7 Å². The van der Waals surface area contributed by atoms with Crippen molar-refractivity contribution < 1.29 is 23.6 Å². The summed E-state index contributed by atoms with van der Waals surface area (Å²) in [6, 6.07) is 9.72. The second-order valence-electron chi connectivity index (χ2n) is 9.78. The summed E-state index contributed by atoms with van der Waals surface area (Å²) in [5.74, 6) is 0.650. The van der Waals surface area contributed by atoms with E-state index in [1.54, 1.807) is 48.3 Å². The zero-order valence-electron chi connectivity index (χ0n) is 23.3. The molecule has 11 nitrogen and oxygen atoms in total. The van der Waals surface area contributed by atoms with E-state index in [0.717, 1.165) is 11.3 Å². The van der Waals surface area contributed by atoms with Gasteiger partial charge in [0.05, 0.1) is 41.8 Å². The van der Waals surface area contributed by atoms with Crippen LogP contribution in [0.15, 0.2) is 55.4 Å². The number of amides is 2. The molecule has 2 aromatic carbocycles. The third-order valence-electron chi connectivity index (χ3n) is 7.20. The van der Waals surface area contributed by atoms with E-state index in [0.29, 0.717) is 68.0 Å². The molecule has 5 rings (SSSR count). The smallest absolute Gasteiger partial charge is 0.247 e. The molecule has 220 valence electrons. The SMILES string of the molecule is C=CC(=O)Nc1cc(Nc2cc(N3OCCC3c3ccc(F)c(Cl)c3)ncn2)c(OC)cc1N1CCN(C(C)=O)CC1. The van der Waals surface area contributed by atoms with Crippen LogP contribution in [-0.4, -0.2) is 66.6 Å². The van der Waals surface area contributed by atoms with Gasteiger partial charge in [-0.1, -0.05) is 24.2 Å². The number of carbonyl (C=O) groups is 2. The zero-order chi connectivity index (χ0) is 29.8. The number of methoxy groups -OCH3 is 1. The molecule has 2 aliphatic heterocycles. The monoisotopic (exact) mass is 595 g/mol. The summed E-state index contributed by atoms with van der Waals surface area (Å²) in [4.78, 5) is 42.7. The maximum atomic E-state index is 13.8. The van der Waals surface area contributed by atoms with E-state index in [1.807, 2.05) is 6.07 Å². The molecule has 13 heteroatoms. The van der Waals surface area contributed by atoms with Crippen molar-refractivity contribution in [1.82, 2.24) is 14.9 Å². The quantitative estimate of drug-likeness (QED) is 0.358. The Balaban J connectivity index is 1.42. The number of piperazine rings is 1. The van der Waals surface area contributed by atoms with Crippen LogP contribution in [0.4, 0.5) is 33.1 Å². The van der Waals surface area contributed by atoms with Crippen LogP contribution in [0.1, 0.15) is 24.9 Å². The van der Waals surface area contributed by atoms with Gasteiger partial charge < -0.3 is 25.2 Å². The number of nitrogens with one attached hydrogen (secondary N) is 2. The van der Waals surface area contributed by atoms with Crippen molar-refractivity contribution in [3.63, 3.8) is 0 Å². The Morgan fingerprint density at radius 3 is 2.62 bits per heavy atom. The van der Waals surface area contributed by atoms with Gasteiger partial charge in [-0.25, -0.2) is 19.4 Å². The van der Waals surface area contributed by atoms with E-state index in [1.165, 1.54) is 18.5 Å². The predicted molar refractivity (Wildman–Crippen MR) is 159 cm³/mol. The molecular weight excluding hydrogens is 565 g/mol. The Bertz CT molecular complexity index is 1500. The van der Waals surface area contributed by atoms with E-state index < -0.39 is 5.82 Å². The average molecular weight is 596 g/mol. The number of anilines is 5. The third-order valence-corrected chi connectivity index (χ3v) is 7.49. The van der Waals surface area contributed by atoms with E-state index in [9.17, 15) is 14.0 Å². The topological polar surface area (TPSA) is 112 Å². The Labute approximate surface area is 247 Å². The average Bonchev–Trinajstić information content (AvgIpc) is 3.49. The van der Waals surface area contributed by atoms with Crippen LogP contribution in [0.2, 0.25) is 5.02 Å². The first-order valence-corrected chi connectivity index (χ1v) is 13.8. The molecule has 3 aromatic rings. The van der Waals surface area contributed by atoms with E-state index in [-0.39, 0.29) is 22.9 Å². The van der Waals surface area contributed by atoms with Gasteiger partial charge in [0.25, 0.3) is 0 Å². The lowest BCUT2D eigenvalue weighted by Gasteiger charge is -2.36. The van der Waals surface area contributed by atoms with Crippen molar-refractivity contribution in [1.29, 1.82) is 0 Å². The molecule has 1 aromatic heterocycles. The van der Waals surface area contributed by atoms with Crippen molar-refractivity contribution in [3.8, 4) is 5.75 Å². The zero-order valence-corrected chi connectivity index (χ0v) is 24.0. The second kappa shape index (κ2) is 12.6. The maximum Gasteiger partial charge on any atom is 0.247 e. The van der Waals surface area contributed by atoms with Crippen LogP contribution in [0.3, 0.4) is 0 Å². The fourth-order valence-electron chi connectivity index (χ4n) is 5.03. The molecule has 0 bridgehead atoms. The summed E-state index contributed by atoms with van der Waals surface area (Å²) in [7, 11) is 1.56. The summed E-state index contributed by atoms with van der Waals surface area (Å²) in [5, 5.41) is 7.85. The van der Waals surface area contributed by atoms with Crippen LogP contribution in [-0.2, 0) is 14.4 Å². The van der Waals surface area contributed by atoms with Crippen molar-refractivity contribution in [2.75, 3.05) is 60.5 Å². The highest BCUT2D eigenvalue weighted by Crippen LogP contribution is 2.40. The van der Waals surface area contributed by atoms with Crippen LogP contribution in [0.25, 0.3) is 0 Å². The standard InChI is InChI=1S/C29H31ClFN7O4/c1-4-29(40)35-22-14-23(26(41-3)15-25(22)37-10-8-36(9-11-37)18(2)39)34-27-16-28(33-17-32-27)38-24(7-12-42-38)19-5-6-21(31)20(30)13-19/h4-6,13-17,24H,1,7-12H2,2-3H3,(H,35,40)(H,32,33,34). The number of rotatable bonds is 8. The molecule has 2 N–H and O–H groups in total. The van der Waals surface area contributed by atoms with Crippen molar-refractivity contribution in [3.05, 3.63) is 71.8 Å². The molecule has 2 amide bonds. The van der Waals surface area contributed by atoms with E-state index >= 15 is 0 Å². The Hall–Kier alpha value is -4.42. The first-order chi connectivity index (χ1) is 20.3. The first-order valence-electron chi connectivity index (χ1n) is 13.4. The fraction of sp³-hybridized carbons (Fsp3) is 0.310. The fourth-order valence-corrected chi connectivity index (χ4v) is 5.22. The van der Waals surface area contributed by atoms with Crippen LogP contribution < -0.4 is 25.3 Å². The molecule has 0 radical (unpaired) electrons. The molecule has 0 spiro atoms. The molecule has 1 unspecified atom stereocenters. The second-order valence-corrected chi connectivity index (χ2v) is 10.2. The molecule has 2 aliphatic rings. The van der Waals surface area contributed by atoms with Crippen molar-refractivity contribution >= 4 is 52.1 Å². The van der Waals surface area contributed by atoms with Gasteiger partial charge in [0.15, 0.2) is 5.82 Å². The molecular formula is C29H31ClFN7O4. The van der Waals surface area contributed by atoms with Gasteiger partial charge in [0.1, 0.15) is 23.7 Å². The highest BCUT2D eigenvalue weighted by atomic mass is 35.5. The number of hydroxylamine groups is 1. The van der Waals surface area contributed by atoms with Crippen molar-refractivity contribution in [2.45, 2.75) is 19.4 Å². The minimum atomic E-state index is -0.485. The number of nitrogens with zero attached hydrogens (tertiary/aromatic N) is 5. The number of halogens is 2. The van der Waals surface area contributed by atoms with Gasteiger partial charge in [0.2, 0.25) is 11.8 Å². The third kappa shape index (κ3) is 6.24. The van der Waals surface area contributed by atoms with Crippen LogP contribution in [0, 0.1) is 5.82 Å². The van der Waals surface area contributed by atoms with Gasteiger partial charge in [-0.2, -0.15) is 0 Å². The number of hydrogen-bond donors (Lipinski definition) is 2. The summed E-state index contributed by atoms with van der Waals surface area (Å²) < 4.78 is 19.5. The lowest BCUT2D eigenvalue weighted by Crippen LogP contribution is -2.48. The normalized spacial score (nSPS) is 16.8. The number of benzene rings is 2. The number of hydrogen-bond acceptors (Lipinski definition) is 9. The Morgan fingerprint density at radius 2 is 1.93 bits per heavy atom. The predicted octanol–water partition coefficient (Wildman–Crippen LogP) is 4.70. The highest BCUT2D eigenvalue weighted by molar-refractivity contribution is 6.30. The lowest BCUT2D eigenvalue weighted by atomic mass is 10.0.